The molecule has 2 aromatic carbocycles. The molecular weight excluding hydrogens is 362 g/mol. The van der Waals surface area contributed by atoms with Crippen molar-refractivity contribution in [3.63, 3.8) is 0 Å². The Morgan fingerprint density at radius 2 is 1.79 bits per heavy atom. The van der Waals surface area contributed by atoms with Crippen LogP contribution in [0.3, 0.4) is 0 Å². The van der Waals surface area contributed by atoms with Gasteiger partial charge in [-0.15, -0.1) is 0 Å². The third-order valence-corrected chi connectivity index (χ3v) is 5.38. The smallest absolute Gasteiger partial charge is 0.238 e. The Morgan fingerprint density at radius 1 is 1.03 bits per heavy atom. The van der Waals surface area contributed by atoms with Gasteiger partial charge in [-0.2, -0.15) is 0 Å². The maximum atomic E-state index is 12.4. The zero-order valence-electron chi connectivity index (χ0n) is 17.7. The molecule has 1 amide bonds. The fourth-order valence-corrected chi connectivity index (χ4v) is 3.70. The van der Waals surface area contributed by atoms with E-state index in [1.807, 2.05) is 30.3 Å². The second kappa shape index (κ2) is 11.0. The molecule has 1 aliphatic rings. The minimum absolute atomic E-state index is 0.0749. The van der Waals surface area contributed by atoms with Crippen molar-refractivity contribution in [2.24, 2.45) is 0 Å². The predicted octanol–water partition coefficient (Wildman–Crippen LogP) is 3.58. The zero-order chi connectivity index (χ0) is 20.5. The van der Waals surface area contributed by atoms with Crippen LogP contribution in [-0.4, -0.2) is 61.6 Å². The highest BCUT2D eigenvalue weighted by molar-refractivity contribution is 5.93. The van der Waals surface area contributed by atoms with Gasteiger partial charge in [-0.1, -0.05) is 37.3 Å². The Kier molecular flexibility index (Phi) is 8.08. The summed E-state index contributed by atoms with van der Waals surface area (Å²) in [6, 6.07) is 16.2. The predicted molar refractivity (Wildman–Crippen MR) is 119 cm³/mol. The largest absolute Gasteiger partial charge is 0.494 e. The first-order chi connectivity index (χ1) is 14.1. The number of carbonyl (C=O) groups is 1. The first-order valence-electron chi connectivity index (χ1n) is 10.7. The van der Waals surface area contributed by atoms with Crippen molar-refractivity contribution in [2.45, 2.75) is 26.7 Å². The average molecular weight is 396 g/mol. The Hall–Kier alpha value is -2.37. The summed E-state index contributed by atoms with van der Waals surface area (Å²) in [5.74, 6) is 1.02. The van der Waals surface area contributed by atoms with Crippen molar-refractivity contribution in [3.05, 3.63) is 59.7 Å². The Bertz CT molecular complexity index is 785. The third kappa shape index (κ3) is 6.87. The van der Waals surface area contributed by atoms with Crippen LogP contribution >= 0.6 is 0 Å². The summed E-state index contributed by atoms with van der Waals surface area (Å²) >= 11 is 0. The molecule has 0 aliphatic carbocycles. The maximum Gasteiger partial charge on any atom is 0.238 e. The summed E-state index contributed by atoms with van der Waals surface area (Å²) < 4.78 is 5.84. The van der Waals surface area contributed by atoms with Gasteiger partial charge in [0.2, 0.25) is 5.91 Å². The number of hydrogen-bond donors (Lipinski definition) is 1. The normalized spacial score (nSPS) is 15.2. The van der Waals surface area contributed by atoms with Crippen molar-refractivity contribution in [3.8, 4) is 5.75 Å². The molecular formula is C24H33N3O2. The minimum atomic E-state index is 0.0749. The lowest BCUT2D eigenvalue weighted by molar-refractivity contribution is -0.117. The van der Waals surface area contributed by atoms with Gasteiger partial charge in [0, 0.05) is 38.4 Å². The number of amides is 1. The number of ether oxygens (including phenoxy) is 1. The van der Waals surface area contributed by atoms with Gasteiger partial charge in [0.15, 0.2) is 0 Å². The van der Waals surface area contributed by atoms with Gasteiger partial charge in [0.05, 0.1) is 13.2 Å². The van der Waals surface area contributed by atoms with Gasteiger partial charge in [0.25, 0.3) is 0 Å². The zero-order valence-corrected chi connectivity index (χ0v) is 17.7. The molecule has 1 aliphatic heterocycles. The Balaban J connectivity index is 1.32. The van der Waals surface area contributed by atoms with E-state index in [0.29, 0.717) is 6.54 Å². The number of nitrogens with one attached hydrogen (secondary N) is 1. The quantitative estimate of drug-likeness (QED) is 0.659. The lowest BCUT2D eigenvalue weighted by Crippen LogP contribution is -2.48. The van der Waals surface area contributed by atoms with Crippen LogP contribution in [0.4, 0.5) is 5.69 Å². The molecule has 5 nitrogen and oxygen atoms in total. The molecule has 1 heterocycles. The van der Waals surface area contributed by atoms with Gasteiger partial charge >= 0.3 is 0 Å². The van der Waals surface area contributed by atoms with Crippen molar-refractivity contribution in [1.29, 1.82) is 0 Å². The molecule has 3 rings (SSSR count). The molecule has 0 radical (unpaired) electrons. The van der Waals surface area contributed by atoms with Crippen molar-refractivity contribution < 1.29 is 9.53 Å². The molecule has 0 atom stereocenters. The highest BCUT2D eigenvalue weighted by Gasteiger charge is 2.19. The van der Waals surface area contributed by atoms with Gasteiger partial charge in [-0.25, -0.2) is 0 Å². The van der Waals surface area contributed by atoms with E-state index in [-0.39, 0.29) is 5.91 Å². The number of para-hydroxylation sites is 1. The summed E-state index contributed by atoms with van der Waals surface area (Å²) in [4.78, 5) is 17.1. The van der Waals surface area contributed by atoms with Crippen LogP contribution < -0.4 is 10.1 Å². The molecule has 2 aromatic rings. The maximum absolute atomic E-state index is 12.4. The summed E-state index contributed by atoms with van der Waals surface area (Å²) in [5, 5.41) is 3.07. The highest BCUT2D eigenvalue weighted by Crippen LogP contribution is 2.16. The highest BCUT2D eigenvalue weighted by atomic mass is 16.5. The van der Waals surface area contributed by atoms with E-state index in [2.05, 4.69) is 47.2 Å². The molecule has 1 fully saturated rings. The van der Waals surface area contributed by atoms with Crippen molar-refractivity contribution >= 4 is 11.6 Å². The number of nitrogens with zero attached hydrogens (tertiary/aromatic N) is 2. The standard InChI is InChI=1S/C24H33N3O2/c1-3-21-9-4-5-11-23(21)25-24(28)19-27-15-13-26(14-16-27)12-7-17-29-22-10-6-8-20(2)18-22/h4-6,8-11,18H,3,7,12-17,19H2,1-2H3,(H,25,28). The number of piperazine rings is 1. The number of hydrogen-bond acceptors (Lipinski definition) is 4. The number of benzene rings is 2. The van der Waals surface area contributed by atoms with E-state index in [1.54, 1.807) is 0 Å². The molecule has 156 valence electrons. The van der Waals surface area contributed by atoms with Crippen LogP contribution in [0.15, 0.2) is 48.5 Å². The first kappa shape index (κ1) is 21.3. The fraction of sp³-hybridized carbons (Fsp3) is 0.458. The lowest BCUT2D eigenvalue weighted by Gasteiger charge is -2.34. The van der Waals surface area contributed by atoms with E-state index >= 15 is 0 Å². The monoisotopic (exact) mass is 395 g/mol. The molecule has 29 heavy (non-hydrogen) atoms. The molecule has 1 N–H and O–H groups in total. The molecule has 0 bridgehead atoms. The fourth-order valence-electron chi connectivity index (χ4n) is 3.70. The average Bonchev–Trinajstić information content (AvgIpc) is 2.73. The van der Waals surface area contributed by atoms with Crippen LogP contribution in [0, 0.1) is 6.92 Å². The second-order valence-electron chi connectivity index (χ2n) is 7.70. The SMILES string of the molecule is CCc1ccccc1NC(=O)CN1CCN(CCCOc2cccc(C)c2)CC1. The molecule has 0 spiro atoms. The topological polar surface area (TPSA) is 44.8 Å². The van der Waals surface area contributed by atoms with Crippen LogP contribution in [0.25, 0.3) is 0 Å². The summed E-state index contributed by atoms with van der Waals surface area (Å²) in [6.45, 7) is 10.3. The first-order valence-corrected chi connectivity index (χ1v) is 10.7. The molecule has 0 saturated carbocycles. The third-order valence-electron chi connectivity index (χ3n) is 5.38. The van der Waals surface area contributed by atoms with Gasteiger partial charge in [-0.3, -0.25) is 9.69 Å². The number of aryl methyl sites for hydroxylation is 2. The van der Waals surface area contributed by atoms with Crippen molar-refractivity contribution in [1.82, 2.24) is 9.80 Å². The van der Waals surface area contributed by atoms with E-state index < -0.39 is 0 Å². The second-order valence-corrected chi connectivity index (χ2v) is 7.70. The van der Waals surface area contributed by atoms with Crippen LogP contribution in [0.5, 0.6) is 5.75 Å². The molecule has 1 saturated heterocycles. The number of anilines is 1. The van der Waals surface area contributed by atoms with Crippen LogP contribution in [-0.2, 0) is 11.2 Å². The van der Waals surface area contributed by atoms with Gasteiger partial charge in [-0.05, 0) is 49.1 Å². The van der Waals surface area contributed by atoms with Crippen LogP contribution in [0.2, 0.25) is 0 Å². The minimum Gasteiger partial charge on any atom is -0.494 e. The van der Waals surface area contributed by atoms with E-state index in [1.165, 1.54) is 11.1 Å². The molecule has 0 unspecified atom stereocenters. The Labute approximate surface area is 174 Å². The molecule has 5 heteroatoms. The molecule has 0 aromatic heterocycles. The summed E-state index contributed by atoms with van der Waals surface area (Å²) in [6.07, 6.45) is 1.94. The van der Waals surface area contributed by atoms with Crippen molar-refractivity contribution in [2.75, 3.05) is 51.2 Å². The summed E-state index contributed by atoms with van der Waals surface area (Å²) in [5.41, 5.74) is 3.34. The van der Waals surface area contributed by atoms with E-state index in [9.17, 15) is 4.79 Å². The Morgan fingerprint density at radius 3 is 2.55 bits per heavy atom. The van der Waals surface area contributed by atoms with Crippen LogP contribution in [0.1, 0.15) is 24.5 Å². The lowest BCUT2D eigenvalue weighted by atomic mass is 10.1. The van der Waals surface area contributed by atoms with E-state index in [4.69, 9.17) is 4.74 Å². The van der Waals surface area contributed by atoms with Gasteiger partial charge in [0.1, 0.15) is 5.75 Å². The number of rotatable bonds is 9. The number of carbonyl (C=O) groups excluding carboxylic acids is 1. The van der Waals surface area contributed by atoms with E-state index in [0.717, 1.165) is 63.6 Å². The summed E-state index contributed by atoms with van der Waals surface area (Å²) in [7, 11) is 0. The van der Waals surface area contributed by atoms with Gasteiger partial charge < -0.3 is 15.0 Å².